The van der Waals surface area contributed by atoms with Crippen LogP contribution in [0.15, 0.2) is 12.1 Å². The maximum absolute atomic E-state index is 14.8. The van der Waals surface area contributed by atoms with Gasteiger partial charge in [-0.25, -0.2) is 4.39 Å². The molecule has 1 fully saturated rings. The first-order chi connectivity index (χ1) is 12.2. The fraction of sp³-hybridized carbons (Fsp3) is 0.579. The molecule has 1 aliphatic carbocycles. The second-order valence-corrected chi connectivity index (χ2v) is 7.66. The molecule has 26 heavy (non-hydrogen) atoms. The molecule has 0 atom stereocenters. The minimum Gasteiger partial charge on any atom is -0.368 e. The standard InChI is InChI=1S/C19H25FN2O4/c1-19(2)13-8-12(11-5-6-11)9-14(20)17(13)22(18(19)26)10-15(23)21-7-3-4-16(24)25/h8-9,11,16,24-25H,3-7,10H2,1-2H3,(H,21,23). The number of amides is 2. The zero-order chi connectivity index (χ0) is 19.1. The van der Waals surface area contributed by atoms with Crippen molar-refractivity contribution in [1.82, 2.24) is 5.32 Å². The summed E-state index contributed by atoms with van der Waals surface area (Å²) in [6, 6.07) is 3.40. The number of fused-ring (bicyclic) bond motifs is 1. The van der Waals surface area contributed by atoms with Crippen LogP contribution in [0.25, 0.3) is 0 Å². The van der Waals surface area contributed by atoms with E-state index >= 15 is 0 Å². The summed E-state index contributed by atoms with van der Waals surface area (Å²) in [7, 11) is 0. The first-order valence-corrected chi connectivity index (χ1v) is 9.00. The van der Waals surface area contributed by atoms with E-state index in [1.807, 2.05) is 6.07 Å². The van der Waals surface area contributed by atoms with Crippen molar-refractivity contribution in [2.24, 2.45) is 0 Å². The van der Waals surface area contributed by atoms with Crippen LogP contribution < -0.4 is 10.2 Å². The van der Waals surface area contributed by atoms with Gasteiger partial charge in [-0.3, -0.25) is 14.5 Å². The van der Waals surface area contributed by atoms with E-state index in [0.717, 1.165) is 18.4 Å². The van der Waals surface area contributed by atoms with Crippen molar-refractivity contribution in [3.05, 3.63) is 29.1 Å². The Morgan fingerprint density at radius 2 is 2.08 bits per heavy atom. The smallest absolute Gasteiger partial charge is 0.240 e. The first kappa shape index (κ1) is 18.8. The third kappa shape index (κ3) is 3.59. The van der Waals surface area contributed by atoms with E-state index in [9.17, 15) is 14.0 Å². The topological polar surface area (TPSA) is 89.9 Å². The van der Waals surface area contributed by atoms with Crippen molar-refractivity contribution in [3.8, 4) is 0 Å². The van der Waals surface area contributed by atoms with Crippen molar-refractivity contribution in [2.45, 2.75) is 57.2 Å². The fourth-order valence-electron chi connectivity index (χ4n) is 3.44. The molecule has 1 aliphatic heterocycles. The highest BCUT2D eigenvalue weighted by Crippen LogP contribution is 2.48. The van der Waals surface area contributed by atoms with Crippen LogP contribution in [-0.2, 0) is 15.0 Å². The minimum atomic E-state index is -1.41. The van der Waals surface area contributed by atoms with Crippen LogP contribution in [-0.4, -0.2) is 41.4 Å². The molecule has 6 nitrogen and oxygen atoms in total. The molecule has 1 saturated carbocycles. The molecule has 0 aromatic heterocycles. The number of aliphatic hydroxyl groups is 2. The molecule has 3 rings (SSSR count). The summed E-state index contributed by atoms with van der Waals surface area (Å²) in [5.74, 6) is -0.778. The largest absolute Gasteiger partial charge is 0.368 e. The van der Waals surface area contributed by atoms with E-state index in [-0.39, 0.29) is 31.1 Å². The normalized spacial score (nSPS) is 18.4. The van der Waals surface area contributed by atoms with Crippen molar-refractivity contribution >= 4 is 17.5 Å². The predicted octanol–water partition coefficient (Wildman–Crippen LogP) is 1.53. The Bertz CT molecular complexity index is 728. The van der Waals surface area contributed by atoms with E-state index in [0.29, 0.717) is 17.9 Å². The number of benzene rings is 1. The second-order valence-electron chi connectivity index (χ2n) is 7.66. The Morgan fingerprint density at radius 3 is 2.69 bits per heavy atom. The summed E-state index contributed by atoms with van der Waals surface area (Å²) < 4.78 is 14.8. The SMILES string of the molecule is CC1(C)C(=O)N(CC(=O)NCCCC(O)O)c2c(F)cc(C3CC3)cc21. The number of anilines is 1. The summed E-state index contributed by atoms with van der Waals surface area (Å²) in [4.78, 5) is 26.2. The highest BCUT2D eigenvalue weighted by molar-refractivity contribution is 6.10. The van der Waals surface area contributed by atoms with Crippen molar-refractivity contribution in [3.63, 3.8) is 0 Å². The van der Waals surface area contributed by atoms with Gasteiger partial charge in [0.2, 0.25) is 11.8 Å². The van der Waals surface area contributed by atoms with Gasteiger partial charge in [0.1, 0.15) is 12.4 Å². The number of halogens is 1. The molecule has 142 valence electrons. The molecular weight excluding hydrogens is 339 g/mol. The average molecular weight is 364 g/mol. The Labute approximate surface area is 152 Å². The van der Waals surface area contributed by atoms with Gasteiger partial charge >= 0.3 is 0 Å². The number of nitrogens with one attached hydrogen (secondary N) is 1. The Morgan fingerprint density at radius 1 is 1.38 bits per heavy atom. The molecule has 1 aromatic carbocycles. The van der Waals surface area contributed by atoms with Crippen molar-refractivity contribution in [2.75, 3.05) is 18.0 Å². The van der Waals surface area contributed by atoms with E-state index in [2.05, 4.69) is 5.32 Å². The summed E-state index contributed by atoms with van der Waals surface area (Å²) in [6.45, 7) is 3.52. The molecule has 0 unspecified atom stereocenters. The van der Waals surface area contributed by atoms with Crippen LogP contribution in [0.1, 0.15) is 56.6 Å². The highest BCUT2D eigenvalue weighted by atomic mass is 19.1. The predicted molar refractivity (Wildman–Crippen MR) is 94.2 cm³/mol. The van der Waals surface area contributed by atoms with E-state index in [1.165, 1.54) is 11.0 Å². The molecular formula is C19H25FN2O4. The third-order valence-corrected chi connectivity index (χ3v) is 5.12. The highest BCUT2D eigenvalue weighted by Gasteiger charge is 2.46. The zero-order valence-corrected chi connectivity index (χ0v) is 15.1. The van der Waals surface area contributed by atoms with Gasteiger partial charge in [-0.05, 0) is 62.6 Å². The van der Waals surface area contributed by atoms with Crippen LogP contribution in [0.2, 0.25) is 0 Å². The van der Waals surface area contributed by atoms with Crippen LogP contribution in [0.3, 0.4) is 0 Å². The fourth-order valence-corrected chi connectivity index (χ4v) is 3.44. The summed E-state index contributed by atoms with van der Waals surface area (Å²) in [5, 5.41) is 20.2. The van der Waals surface area contributed by atoms with E-state index < -0.39 is 23.4 Å². The molecule has 1 aromatic rings. The second kappa shape index (κ2) is 6.96. The summed E-state index contributed by atoms with van der Waals surface area (Å²) in [6.07, 6.45) is 1.23. The number of carbonyl (C=O) groups is 2. The molecule has 2 aliphatic rings. The number of rotatable bonds is 7. The quantitative estimate of drug-likeness (QED) is 0.506. The van der Waals surface area contributed by atoms with Gasteiger partial charge in [0.05, 0.1) is 11.1 Å². The van der Waals surface area contributed by atoms with E-state index in [1.54, 1.807) is 13.8 Å². The molecule has 1 heterocycles. The molecule has 0 saturated heterocycles. The van der Waals surface area contributed by atoms with Crippen LogP contribution in [0, 0.1) is 5.82 Å². The van der Waals surface area contributed by atoms with Gasteiger partial charge in [0, 0.05) is 6.54 Å². The van der Waals surface area contributed by atoms with Crippen LogP contribution in [0.4, 0.5) is 10.1 Å². The Hall–Kier alpha value is -1.99. The first-order valence-electron chi connectivity index (χ1n) is 9.00. The number of hydrogen-bond acceptors (Lipinski definition) is 4. The summed E-state index contributed by atoms with van der Waals surface area (Å²) >= 11 is 0. The lowest BCUT2D eigenvalue weighted by atomic mass is 9.85. The van der Waals surface area contributed by atoms with Gasteiger partial charge in [0.25, 0.3) is 0 Å². The third-order valence-electron chi connectivity index (χ3n) is 5.12. The lowest BCUT2D eigenvalue weighted by Crippen LogP contribution is -2.43. The maximum Gasteiger partial charge on any atom is 0.240 e. The average Bonchev–Trinajstić information content (AvgIpc) is 3.37. The number of nitrogens with zero attached hydrogens (tertiary/aromatic N) is 1. The van der Waals surface area contributed by atoms with Crippen molar-refractivity contribution in [1.29, 1.82) is 0 Å². The zero-order valence-electron chi connectivity index (χ0n) is 15.1. The molecule has 3 N–H and O–H groups in total. The Kier molecular flexibility index (Phi) is 5.03. The summed E-state index contributed by atoms with van der Waals surface area (Å²) in [5.41, 5.74) is 0.893. The van der Waals surface area contributed by atoms with Crippen LogP contribution >= 0.6 is 0 Å². The lowest BCUT2D eigenvalue weighted by molar-refractivity contribution is -0.125. The molecule has 0 bridgehead atoms. The van der Waals surface area contributed by atoms with Crippen molar-refractivity contribution < 1.29 is 24.2 Å². The lowest BCUT2D eigenvalue weighted by Gasteiger charge is -2.20. The maximum atomic E-state index is 14.8. The van der Waals surface area contributed by atoms with Gasteiger partial charge in [0.15, 0.2) is 6.29 Å². The molecule has 2 amide bonds. The number of aliphatic hydroxyl groups excluding tert-OH is 1. The van der Waals surface area contributed by atoms with Gasteiger partial charge in [-0.15, -0.1) is 0 Å². The molecule has 0 spiro atoms. The Balaban J connectivity index is 1.75. The van der Waals surface area contributed by atoms with Gasteiger partial charge < -0.3 is 15.5 Å². The number of carbonyl (C=O) groups excluding carboxylic acids is 2. The van der Waals surface area contributed by atoms with Crippen LogP contribution in [0.5, 0.6) is 0 Å². The molecule has 0 radical (unpaired) electrons. The number of hydrogen-bond donors (Lipinski definition) is 3. The molecule has 7 heteroatoms. The monoisotopic (exact) mass is 364 g/mol. The van der Waals surface area contributed by atoms with Gasteiger partial charge in [-0.2, -0.15) is 0 Å². The van der Waals surface area contributed by atoms with E-state index in [4.69, 9.17) is 10.2 Å². The minimum absolute atomic E-state index is 0.150. The van der Waals surface area contributed by atoms with Gasteiger partial charge in [-0.1, -0.05) is 6.07 Å².